The molecule has 0 bridgehead atoms. The Labute approximate surface area is 190 Å². The van der Waals surface area contributed by atoms with Gasteiger partial charge in [-0.2, -0.15) is 13.2 Å². The maximum absolute atomic E-state index is 15.1. The highest BCUT2D eigenvalue weighted by molar-refractivity contribution is 6.33. The molecular weight excluding hydrogens is 469 g/mol. The average Bonchev–Trinajstić information content (AvgIpc) is 2.69. The van der Waals surface area contributed by atoms with Crippen LogP contribution in [0, 0.1) is 11.6 Å². The van der Waals surface area contributed by atoms with E-state index in [1.54, 1.807) is 0 Å². The van der Waals surface area contributed by atoms with Crippen molar-refractivity contribution in [2.24, 2.45) is 5.73 Å². The first-order valence-corrected chi connectivity index (χ1v) is 9.72. The van der Waals surface area contributed by atoms with Crippen molar-refractivity contribution in [3.8, 4) is 11.1 Å². The summed E-state index contributed by atoms with van der Waals surface area (Å²) < 4.78 is 68.3. The maximum atomic E-state index is 15.1. The van der Waals surface area contributed by atoms with E-state index in [-0.39, 0.29) is 33.7 Å². The molecule has 1 heterocycles. The zero-order chi connectivity index (χ0) is 24.7. The zero-order valence-electron chi connectivity index (χ0n) is 17.2. The second-order valence-corrected chi connectivity index (χ2v) is 8.08. The van der Waals surface area contributed by atoms with Crippen molar-refractivity contribution in [1.82, 2.24) is 4.98 Å². The highest BCUT2D eigenvalue weighted by Gasteiger charge is 2.34. The Morgan fingerprint density at radius 2 is 1.76 bits per heavy atom. The molecule has 174 valence electrons. The summed E-state index contributed by atoms with van der Waals surface area (Å²) in [6.45, 7) is 2.81. The molecule has 0 aliphatic rings. The number of nitrogens with two attached hydrogens (primary N) is 1. The van der Waals surface area contributed by atoms with E-state index in [4.69, 9.17) is 17.3 Å². The van der Waals surface area contributed by atoms with E-state index in [9.17, 15) is 27.5 Å². The van der Waals surface area contributed by atoms with Crippen LogP contribution in [-0.4, -0.2) is 16.0 Å². The van der Waals surface area contributed by atoms with Crippen molar-refractivity contribution in [3.63, 3.8) is 0 Å². The molecule has 0 unspecified atom stereocenters. The second-order valence-electron chi connectivity index (χ2n) is 7.67. The minimum Gasteiger partial charge on any atom is -0.386 e. The number of pyridine rings is 1. The van der Waals surface area contributed by atoms with Gasteiger partial charge in [-0.3, -0.25) is 4.79 Å². The molecule has 3 rings (SSSR count). The fourth-order valence-electron chi connectivity index (χ4n) is 3.05. The Kier molecular flexibility index (Phi) is 6.36. The van der Waals surface area contributed by atoms with E-state index in [1.165, 1.54) is 32.2 Å². The van der Waals surface area contributed by atoms with Gasteiger partial charge >= 0.3 is 6.18 Å². The highest BCUT2D eigenvalue weighted by Crippen LogP contribution is 2.40. The predicted molar refractivity (Wildman–Crippen MR) is 113 cm³/mol. The fraction of sp³-hybridized carbons (Fsp3) is 0.182. The SMILES string of the molecule is CC(C)(O)c1cnc(Nc2cc(F)ccc2Cl)c(-c2c(F)cc(C(F)(F)F)cc2C(N)=O)c1. The third-order valence-electron chi connectivity index (χ3n) is 4.73. The molecule has 0 saturated carbocycles. The van der Waals surface area contributed by atoms with Gasteiger partial charge in [-0.15, -0.1) is 0 Å². The summed E-state index contributed by atoms with van der Waals surface area (Å²) in [5.41, 5.74) is 1.02. The number of anilines is 2. The lowest BCUT2D eigenvalue weighted by molar-refractivity contribution is -0.137. The third kappa shape index (κ3) is 5.23. The molecule has 0 spiro atoms. The summed E-state index contributed by atoms with van der Waals surface area (Å²) in [4.78, 5) is 16.1. The Bertz CT molecular complexity index is 1240. The summed E-state index contributed by atoms with van der Waals surface area (Å²) in [7, 11) is 0. The number of nitrogens with zero attached hydrogens (tertiary/aromatic N) is 1. The zero-order valence-corrected chi connectivity index (χ0v) is 17.9. The van der Waals surface area contributed by atoms with Crippen LogP contribution in [0.25, 0.3) is 11.1 Å². The van der Waals surface area contributed by atoms with Crippen LogP contribution in [0.3, 0.4) is 0 Å². The quantitative estimate of drug-likeness (QED) is 0.400. The molecular formula is C22H17ClF5N3O2. The van der Waals surface area contributed by atoms with Gasteiger partial charge in [0.2, 0.25) is 5.91 Å². The lowest BCUT2D eigenvalue weighted by Crippen LogP contribution is -2.18. The average molecular weight is 486 g/mol. The van der Waals surface area contributed by atoms with E-state index in [0.717, 1.165) is 12.1 Å². The molecule has 0 aliphatic heterocycles. The number of primary amides is 1. The first-order valence-electron chi connectivity index (χ1n) is 9.34. The van der Waals surface area contributed by atoms with Gasteiger partial charge in [-0.1, -0.05) is 11.6 Å². The number of hydrogen-bond acceptors (Lipinski definition) is 4. The summed E-state index contributed by atoms with van der Waals surface area (Å²) in [6, 6.07) is 5.25. The number of benzene rings is 2. The molecule has 0 aliphatic carbocycles. The number of halogens is 6. The lowest BCUT2D eigenvalue weighted by Gasteiger charge is -2.22. The molecule has 2 aromatic carbocycles. The highest BCUT2D eigenvalue weighted by atomic mass is 35.5. The molecule has 0 atom stereocenters. The van der Waals surface area contributed by atoms with Crippen LogP contribution in [-0.2, 0) is 11.8 Å². The van der Waals surface area contributed by atoms with Crippen LogP contribution in [0.1, 0.15) is 35.3 Å². The monoisotopic (exact) mass is 485 g/mol. The molecule has 3 aromatic rings. The first-order chi connectivity index (χ1) is 15.2. The van der Waals surface area contributed by atoms with Gasteiger partial charge < -0.3 is 16.2 Å². The molecule has 33 heavy (non-hydrogen) atoms. The van der Waals surface area contributed by atoms with Gasteiger partial charge in [0.25, 0.3) is 0 Å². The first kappa shape index (κ1) is 24.4. The molecule has 1 amide bonds. The Morgan fingerprint density at radius 3 is 2.33 bits per heavy atom. The lowest BCUT2D eigenvalue weighted by atomic mass is 9.92. The molecule has 11 heteroatoms. The van der Waals surface area contributed by atoms with Crippen molar-refractivity contribution in [1.29, 1.82) is 0 Å². The van der Waals surface area contributed by atoms with E-state index in [0.29, 0.717) is 6.07 Å². The Morgan fingerprint density at radius 1 is 1.09 bits per heavy atom. The number of aromatic nitrogens is 1. The van der Waals surface area contributed by atoms with Gasteiger partial charge in [0, 0.05) is 22.9 Å². The third-order valence-corrected chi connectivity index (χ3v) is 5.06. The van der Waals surface area contributed by atoms with E-state index >= 15 is 4.39 Å². The molecule has 4 N–H and O–H groups in total. The Hall–Kier alpha value is -3.24. The second kappa shape index (κ2) is 8.60. The van der Waals surface area contributed by atoms with Gasteiger partial charge in [-0.05, 0) is 50.2 Å². The van der Waals surface area contributed by atoms with Crippen LogP contribution in [0.5, 0.6) is 0 Å². The number of nitrogens with one attached hydrogen (secondary N) is 1. The minimum atomic E-state index is -4.94. The summed E-state index contributed by atoms with van der Waals surface area (Å²) in [5, 5.41) is 13.1. The van der Waals surface area contributed by atoms with Crippen LogP contribution in [0.4, 0.5) is 33.5 Å². The van der Waals surface area contributed by atoms with Crippen molar-refractivity contribution >= 4 is 29.0 Å². The van der Waals surface area contributed by atoms with E-state index < -0.39 is 46.0 Å². The number of hydrogen-bond donors (Lipinski definition) is 3. The van der Waals surface area contributed by atoms with Crippen LogP contribution in [0.2, 0.25) is 5.02 Å². The number of rotatable bonds is 5. The molecule has 0 fully saturated rings. The number of alkyl halides is 3. The topological polar surface area (TPSA) is 88.2 Å². The number of carbonyl (C=O) groups excluding carboxylic acids is 1. The van der Waals surface area contributed by atoms with Crippen LogP contribution >= 0.6 is 11.6 Å². The maximum Gasteiger partial charge on any atom is 0.416 e. The molecule has 5 nitrogen and oxygen atoms in total. The normalized spacial score (nSPS) is 12.0. The van der Waals surface area contributed by atoms with E-state index in [2.05, 4.69) is 10.3 Å². The van der Waals surface area contributed by atoms with Crippen molar-refractivity contribution in [2.75, 3.05) is 5.32 Å². The molecule has 0 saturated heterocycles. The van der Waals surface area contributed by atoms with Crippen molar-refractivity contribution in [2.45, 2.75) is 25.6 Å². The molecule has 0 radical (unpaired) electrons. The summed E-state index contributed by atoms with van der Waals surface area (Å²) >= 11 is 6.06. The van der Waals surface area contributed by atoms with Crippen LogP contribution < -0.4 is 11.1 Å². The number of carbonyl (C=O) groups is 1. The Balaban J connectivity index is 2.32. The van der Waals surface area contributed by atoms with Gasteiger partial charge in [-0.25, -0.2) is 13.8 Å². The largest absolute Gasteiger partial charge is 0.416 e. The fourth-order valence-corrected chi connectivity index (χ4v) is 3.21. The standard InChI is InChI=1S/C22H17ClF5N3O2/c1-21(2,33)11-6-14(20(30-9-11)31-17-8-12(24)3-4-15(17)23)18-13(19(29)32)5-10(7-16(18)25)22(26,27)28/h3-9,33H,1-2H3,(H2,29,32)(H,30,31). The van der Waals surface area contributed by atoms with Gasteiger partial charge in [0.15, 0.2) is 0 Å². The summed E-state index contributed by atoms with van der Waals surface area (Å²) in [6.07, 6.45) is -3.71. The van der Waals surface area contributed by atoms with Crippen LogP contribution in [0.15, 0.2) is 42.6 Å². The predicted octanol–water partition coefficient (Wildman–Crippen LogP) is 5.77. The van der Waals surface area contributed by atoms with Gasteiger partial charge in [0.1, 0.15) is 17.5 Å². The minimum absolute atomic E-state index is 0.0226. The smallest absolute Gasteiger partial charge is 0.386 e. The molecule has 1 aromatic heterocycles. The van der Waals surface area contributed by atoms with E-state index in [1.807, 2.05) is 0 Å². The van der Waals surface area contributed by atoms with Crippen molar-refractivity contribution in [3.05, 3.63) is 75.9 Å². The van der Waals surface area contributed by atoms with Gasteiger partial charge in [0.05, 0.1) is 27.4 Å². The number of amides is 1. The van der Waals surface area contributed by atoms with Crippen molar-refractivity contribution < 1.29 is 31.9 Å². The number of aliphatic hydroxyl groups is 1. The summed E-state index contributed by atoms with van der Waals surface area (Å²) in [5.74, 6) is -3.55.